The van der Waals surface area contributed by atoms with Crippen LogP contribution in [0, 0.1) is 0 Å². The maximum atomic E-state index is 13.2. The van der Waals surface area contributed by atoms with Crippen molar-refractivity contribution >= 4 is 44.9 Å². The normalized spacial score (nSPS) is 14.5. The summed E-state index contributed by atoms with van der Waals surface area (Å²) >= 11 is 6.00. The lowest BCUT2D eigenvalue weighted by Crippen LogP contribution is -2.25. The third-order valence-corrected chi connectivity index (χ3v) is 5.32. The second-order valence-corrected chi connectivity index (χ2v) is 8.74. The van der Waals surface area contributed by atoms with Crippen molar-refractivity contribution in [2.75, 3.05) is 18.1 Å². The molecule has 13 heteroatoms. The van der Waals surface area contributed by atoms with Crippen LogP contribution in [0.5, 0.6) is 0 Å². The monoisotopic (exact) mass is 442 g/mol. The number of hydrogen-bond acceptors (Lipinski definition) is 4. The molecule has 3 aromatic rings. The number of carbonyl (C=O) groups is 1. The minimum Gasteiger partial charge on any atom is -0.388 e. The van der Waals surface area contributed by atoms with E-state index in [4.69, 9.17) is 17.3 Å². The molecule has 0 amide bonds. The van der Waals surface area contributed by atoms with E-state index in [1.807, 2.05) is 0 Å². The standard InChI is InChI=1S/C15H14ClF5N5OS/c1-23-10-5-9(6-11(7-10)28(17,18,19,20)21)12(27)8-25-14-4-2-3-13(16)26(14)15(22)24-25/h2-7,23H,8H2,1H3,(H2,22,24)/q+1. The van der Waals surface area contributed by atoms with E-state index < -0.39 is 33.0 Å². The highest BCUT2D eigenvalue weighted by Gasteiger charge is 2.65. The molecule has 0 bridgehead atoms. The smallest absolute Gasteiger partial charge is 0.381 e. The first-order valence-electron chi connectivity index (χ1n) is 7.62. The lowest BCUT2D eigenvalue weighted by Gasteiger charge is -2.40. The number of nitrogen functional groups attached to an aromatic ring is 1. The number of nitrogens with one attached hydrogen (secondary N) is 1. The Hall–Kier alpha value is -2.60. The summed E-state index contributed by atoms with van der Waals surface area (Å²) in [6.45, 7) is -0.534. The SMILES string of the molecule is CNc1cc(C(=O)Cn2nc(N)[n+]3c(Cl)cccc23)cc(S(F)(F)(F)(F)F)c1. The zero-order valence-corrected chi connectivity index (χ0v) is 15.7. The molecular formula is C15H14ClF5N5OS+. The molecule has 6 nitrogen and oxygen atoms in total. The number of fused-ring (bicyclic) bond motifs is 1. The molecule has 2 heterocycles. The molecule has 0 radical (unpaired) electrons. The first-order chi connectivity index (χ1) is 12.7. The van der Waals surface area contributed by atoms with Gasteiger partial charge in [0.25, 0.3) is 0 Å². The fourth-order valence-electron chi connectivity index (χ4n) is 2.59. The van der Waals surface area contributed by atoms with Crippen molar-refractivity contribution in [2.45, 2.75) is 11.4 Å². The number of hydrogen-bond donors (Lipinski definition) is 2. The molecule has 0 unspecified atom stereocenters. The predicted octanol–water partition coefficient (Wildman–Crippen LogP) is 4.44. The summed E-state index contributed by atoms with van der Waals surface area (Å²) in [6.07, 6.45) is 0. The van der Waals surface area contributed by atoms with Crippen molar-refractivity contribution < 1.29 is 28.6 Å². The number of pyridine rings is 1. The van der Waals surface area contributed by atoms with E-state index >= 15 is 0 Å². The zero-order chi connectivity index (χ0) is 21.0. The Balaban J connectivity index is 2.06. The van der Waals surface area contributed by atoms with Crippen molar-refractivity contribution in [1.82, 2.24) is 9.78 Å². The van der Waals surface area contributed by atoms with Crippen molar-refractivity contribution in [2.24, 2.45) is 0 Å². The third-order valence-electron chi connectivity index (χ3n) is 3.89. The van der Waals surface area contributed by atoms with Crippen molar-refractivity contribution in [3.05, 3.63) is 47.1 Å². The minimum atomic E-state index is -9.97. The number of benzene rings is 1. The lowest BCUT2D eigenvalue weighted by molar-refractivity contribution is -0.493. The molecule has 1 aromatic carbocycles. The fraction of sp³-hybridized carbons (Fsp3) is 0.133. The number of aromatic nitrogens is 3. The molecular weight excluding hydrogens is 429 g/mol. The lowest BCUT2D eigenvalue weighted by atomic mass is 10.1. The molecule has 0 aliphatic carbocycles. The number of halogens is 6. The van der Waals surface area contributed by atoms with E-state index in [1.54, 1.807) is 6.07 Å². The van der Waals surface area contributed by atoms with Gasteiger partial charge in [-0.05, 0) is 24.3 Å². The molecule has 0 fully saturated rings. The summed E-state index contributed by atoms with van der Waals surface area (Å²) in [5.74, 6) is -0.921. The number of ketones is 1. The average molecular weight is 443 g/mol. The molecule has 0 aliphatic rings. The van der Waals surface area contributed by atoms with E-state index in [0.29, 0.717) is 5.65 Å². The topological polar surface area (TPSA) is 77.0 Å². The van der Waals surface area contributed by atoms with Crippen LogP contribution < -0.4 is 15.5 Å². The van der Waals surface area contributed by atoms with Crippen molar-refractivity contribution in [3.8, 4) is 0 Å². The Kier molecular flexibility index (Phi) is 4.10. The quantitative estimate of drug-likeness (QED) is 0.265. The van der Waals surface area contributed by atoms with Crippen LogP contribution in [0.1, 0.15) is 10.4 Å². The molecule has 0 saturated carbocycles. The van der Waals surface area contributed by atoms with Crippen LogP contribution in [0.4, 0.5) is 31.1 Å². The van der Waals surface area contributed by atoms with Gasteiger partial charge in [0.15, 0.2) is 17.5 Å². The highest BCUT2D eigenvalue weighted by Crippen LogP contribution is 3.02. The zero-order valence-electron chi connectivity index (χ0n) is 14.2. The van der Waals surface area contributed by atoms with Gasteiger partial charge < -0.3 is 11.1 Å². The van der Waals surface area contributed by atoms with E-state index in [0.717, 1.165) is 10.7 Å². The first-order valence-corrected chi connectivity index (χ1v) is 9.95. The van der Waals surface area contributed by atoms with Crippen LogP contribution in [-0.4, -0.2) is 22.6 Å². The number of rotatable bonds is 5. The Morgan fingerprint density at radius 1 is 1.25 bits per heavy atom. The van der Waals surface area contributed by atoms with Gasteiger partial charge in [-0.25, -0.2) is 0 Å². The summed E-state index contributed by atoms with van der Waals surface area (Å²) in [5.41, 5.74) is 5.21. The summed E-state index contributed by atoms with van der Waals surface area (Å²) in [7, 11) is -8.72. The van der Waals surface area contributed by atoms with Crippen LogP contribution in [0.15, 0.2) is 41.3 Å². The van der Waals surface area contributed by atoms with Gasteiger partial charge in [0.2, 0.25) is 5.65 Å². The fourth-order valence-corrected chi connectivity index (χ4v) is 3.54. The van der Waals surface area contributed by atoms with Gasteiger partial charge in [-0.3, -0.25) is 4.79 Å². The molecule has 2 aromatic heterocycles. The summed E-state index contributed by atoms with van der Waals surface area (Å²) in [4.78, 5) is 10.4. The maximum absolute atomic E-state index is 13.2. The van der Waals surface area contributed by atoms with E-state index in [-0.39, 0.29) is 28.9 Å². The van der Waals surface area contributed by atoms with Gasteiger partial charge in [-0.15, -0.1) is 4.68 Å². The third kappa shape index (κ3) is 3.83. The summed E-state index contributed by atoms with van der Waals surface area (Å²) < 4.78 is 68.4. The Morgan fingerprint density at radius 3 is 2.54 bits per heavy atom. The largest absolute Gasteiger partial charge is 0.388 e. The van der Waals surface area contributed by atoms with E-state index in [9.17, 15) is 24.2 Å². The summed E-state index contributed by atoms with van der Waals surface area (Å²) in [5, 5.41) is 6.48. The second-order valence-electron chi connectivity index (χ2n) is 5.95. The van der Waals surface area contributed by atoms with Crippen molar-refractivity contribution in [1.29, 1.82) is 0 Å². The van der Waals surface area contributed by atoms with E-state index in [2.05, 4.69) is 10.4 Å². The van der Waals surface area contributed by atoms with Crippen LogP contribution in [-0.2, 0) is 6.54 Å². The number of anilines is 2. The van der Waals surface area contributed by atoms with Crippen LogP contribution in [0.25, 0.3) is 5.65 Å². The van der Waals surface area contributed by atoms with Crippen molar-refractivity contribution in [3.63, 3.8) is 0 Å². The second kappa shape index (κ2) is 5.70. The number of carbonyl (C=O) groups excluding carboxylic acids is 1. The molecule has 3 rings (SSSR count). The van der Waals surface area contributed by atoms with Crippen LogP contribution in [0.3, 0.4) is 0 Å². The Morgan fingerprint density at radius 2 is 1.93 bits per heavy atom. The molecule has 28 heavy (non-hydrogen) atoms. The van der Waals surface area contributed by atoms with Gasteiger partial charge in [-0.1, -0.05) is 37.1 Å². The maximum Gasteiger partial charge on any atom is 0.381 e. The Bertz CT molecular complexity index is 1120. The van der Waals surface area contributed by atoms with Gasteiger partial charge in [-0.2, -0.15) is 4.40 Å². The summed E-state index contributed by atoms with van der Waals surface area (Å²) in [6, 6.07) is 6.07. The van der Waals surface area contributed by atoms with Gasteiger partial charge in [0.1, 0.15) is 4.90 Å². The minimum absolute atomic E-state index is 0.0509. The predicted molar refractivity (Wildman–Crippen MR) is 96.5 cm³/mol. The number of Topliss-reactive ketones (excluding diaryl/α,β-unsaturated/α-hetero) is 1. The molecule has 0 atom stereocenters. The van der Waals surface area contributed by atoms with Gasteiger partial charge in [0.05, 0.1) is 0 Å². The van der Waals surface area contributed by atoms with Gasteiger partial charge in [0, 0.05) is 29.5 Å². The molecule has 0 aliphatic heterocycles. The molecule has 152 valence electrons. The van der Waals surface area contributed by atoms with Gasteiger partial charge >= 0.3 is 16.2 Å². The Labute approximate surface area is 160 Å². The molecule has 0 spiro atoms. The van der Waals surface area contributed by atoms with E-state index in [1.165, 1.54) is 23.6 Å². The van der Waals surface area contributed by atoms with Crippen LogP contribution in [0.2, 0.25) is 5.15 Å². The number of nitrogens with two attached hydrogens (primary N) is 1. The number of nitrogens with zero attached hydrogens (tertiary/aromatic N) is 3. The highest BCUT2D eigenvalue weighted by atomic mass is 35.5. The first kappa shape index (κ1) is 20.1. The molecule has 3 N–H and O–H groups in total. The average Bonchev–Trinajstić information content (AvgIpc) is 2.89. The molecule has 0 saturated heterocycles. The highest BCUT2D eigenvalue weighted by molar-refractivity contribution is 8.45. The van der Waals surface area contributed by atoms with Crippen LogP contribution >= 0.6 is 21.8 Å².